The number of rotatable bonds is 3. The van der Waals surface area contributed by atoms with E-state index >= 15 is 0 Å². The number of nitrogen functional groups attached to an aromatic ring is 1. The molecule has 0 radical (unpaired) electrons. The number of aromatic nitrogens is 2. The number of nitro groups is 1. The van der Waals surface area contributed by atoms with E-state index in [4.69, 9.17) is 22.1 Å². The minimum absolute atomic E-state index is 0.0205. The Bertz CT molecular complexity index is 653. The minimum Gasteiger partial charge on any atom is -0.429 e. The molecule has 0 atom stereocenters. The monoisotopic (exact) mass is 344 g/mol. The van der Waals surface area contributed by atoms with Crippen LogP contribution in [0.4, 0.5) is 11.6 Å². The molecule has 1 aromatic carbocycles. The largest absolute Gasteiger partial charge is 0.429 e. The highest BCUT2D eigenvalue weighted by Crippen LogP contribution is 2.38. The van der Waals surface area contributed by atoms with Crippen molar-refractivity contribution in [1.82, 2.24) is 9.97 Å². The molecule has 0 aliphatic heterocycles. The Hall–Kier alpha value is -1.93. The first-order valence-corrected chi connectivity index (χ1v) is 6.05. The van der Waals surface area contributed by atoms with Gasteiger partial charge in [-0.15, -0.1) is 0 Å². The third-order valence-electron chi connectivity index (χ3n) is 2.07. The van der Waals surface area contributed by atoms with Crippen molar-refractivity contribution < 1.29 is 9.66 Å². The molecule has 7 nitrogen and oxygen atoms in total. The average molecular weight is 346 g/mol. The number of ether oxygens (including phenoxy) is 1. The molecule has 0 saturated heterocycles. The second-order valence-corrected chi connectivity index (χ2v) is 4.59. The number of nitro benzene ring substituents is 1. The summed E-state index contributed by atoms with van der Waals surface area (Å²) in [4.78, 5) is 17.9. The molecular weight excluding hydrogens is 339 g/mol. The van der Waals surface area contributed by atoms with Gasteiger partial charge in [-0.2, -0.15) is 4.98 Å². The van der Waals surface area contributed by atoms with Crippen molar-refractivity contribution in [3.63, 3.8) is 0 Å². The molecule has 1 heterocycles. The first kappa shape index (κ1) is 13.5. The molecule has 0 spiro atoms. The van der Waals surface area contributed by atoms with E-state index in [0.29, 0.717) is 4.47 Å². The normalized spacial score (nSPS) is 10.2. The molecule has 0 fully saturated rings. The predicted octanol–water partition coefficient (Wildman–Crippen LogP) is 3.18. The Morgan fingerprint density at radius 2 is 2.21 bits per heavy atom. The quantitative estimate of drug-likeness (QED) is 0.676. The number of anilines is 1. The fourth-order valence-corrected chi connectivity index (χ4v) is 1.75. The maximum Gasteiger partial charge on any atom is 0.313 e. The van der Waals surface area contributed by atoms with Gasteiger partial charge in [0.2, 0.25) is 17.6 Å². The molecule has 0 amide bonds. The van der Waals surface area contributed by atoms with Crippen molar-refractivity contribution in [3.8, 4) is 11.6 Å². The Kier molecular flexibility index (Phi) is 3.82. The Morgan fingerprint density at radius 3 is 2.89 bits per heavy atom. The van der Waals surface area contributed by atoms with Gasteiger partial charge in [0.15, 0.2) is 0 Å². The van der Waals surface area contributed by atoms with E-state index in [9.17, 15) is 10.1 Å². The zero-order valence-electron chi connectivity index (χ0n) is 9.21. The second kappa shape index (κ2) is 5.37. The standard InChI is InChI=1S/C10H6BrClN4O3/c11-5-4-14-10(13)15-9(5)19-8-6(12)2-1-3-7(8)16(17)18/h1-4H,(H2,13,14,15). The van der Waals surface area contributed by atoms with E-state index in [1.165, 1.54) is 24.4 Å². The molecule has 0 aliphatic carbocycles. The lowest BCUT2D eigenvalue weighted by Crippen LogP contribution is -1.99. The third kappa shape index (κ3) is 2.91. The van der Waals surface area contributed by atoms with Gasteiger partial charge in [-0.05, 0) is 22.0 Å². The van der Waals surface area contributed by atoms with Crippen LogP contribution in [0.1, 0.15) is 0 Å². The molecule has 0 unspecified atom stereocenters. The van der Waals surface area contributed by atoms with E-state index in [2.05, 4.69) is 25.9 Å². The van der Waals surface area contributed by atoms with Gasteiger partial charge in [0.1, 0.15) is 0 Å². The summed E-state index contributed by atoms with van der Waals surface area (Å²) in [5.41, 5.74) is 5.16. The predicted molar refractivity (Wildman–Crippen MR) is 72.3 cm³/mol. The minimum atomic E-state index is -0.598. The van der Waals surface area contributed by atoms with Crippen LogP contribution in [-0.4, -0.2) is 14.9 Å². The zero-order chi connectivity index (χ0) is 14.0. The van der Waals surface area contributed by atoms with Crippen molar-refractivity contribution in [3.05, 3.63) is 44.0 Å². The van der Waals surface area contributed by atoms with Gasteiger partial charge in [0, 0.05) is 6.07 Å². The number of halogens is 2. The topological polar surface area (TPSA) is 104 Å². The zero-order valence-corrected chi connectivity index (χ0v) is 11.6. The summed E-state index contributed by atoms with van der Waals surface area (Å²) in [6.07, 6.45) is 1.38. The lowest BCUT2D eigenvalue weighted by atomic mass is 10.3. The molecule has 19 heavy (non-hydrogen) atoms. The van der Waals surface area contributed by atoms with Crippen LogP contribution in [0.3, 0.4) is 0 Å². The van der Waals surface area contributed by atoms with Gasteiger partial charge < -0.3 is 10.5 Å². The third-order valence-corrected chi connectivity index (χ3v) is 2.91. The summed E-state index contributed by atoms with van der Waals surface area (Å²) in [6, 6.07) is 4.21. The van der Waals surface area contributed by atoms with Gasteiger partial charge in [-0.1, -0.05) is 17.7 Å². The van der Waals surface area contributed by atoms with Crippen molar-refractivity contribution in [1.29, 1.82) is 0 Å². The second-order valence-electron chi connectivity index (χ2n) is 3.33. The smallest absolute Gasteiger partial charge is 0.313 e. The molecule has 2 rings (SSSR count). The van der Waals surface area contributed by atoms with Crippen LogP contribution in [0.25, 0.3) is 0 Å². The number of benzene rings is 1. The van der Waals surface area contributed by atoms with Gasteiger partial charge in [-0.3, -0.25) is 10.1 Å². The molecule has 0 aliphatic rings. The molecule has 0 saturated carbocycles. The molecule has 9 heteroatoms. The number of hydrogen-bond donors (Lipinski definition) is 1. The Balaban J connectivity index is 2.49. The molecule has 2 aromatic rings. The van der Waals surface area contributed by atoms with Crippen LogP contribution < -0.4 is 10.5 Å². The number of nitrogens with two attached hydrogens (primary N) is 1. The highest BCUT2D eigenvalue weighted by Gasteiger charge is 2.20. The molecule has 98 valence electrons. The lowest BCUT2D eigenvalue weighted by molar-refractivity contribution is -0.385. The van der Waals surface area contributed by atoms with Crippen molar-refractivity contribution in [2.24, 2.45) is 0 Å². The van der Waals surface area contributed by atoms with Gasteiger partial charge in [-0.25, -0.2) is 4.98 Å². The summed E-state index contributed by atoms with van der Waals surface area (Å²) in [6.45, 7) is 0. The molecular formula is C10H6BrClN4O3. The highest BCUT2D eigenvalue weighted by molar-refractivity contribution is 9.10. The van der Waals surface area contributed by atoms with E-state index in [1.807, 2.05) is 0 Å². The Labute approximate surface area is 120 Å². The van der Waals surface area contributed by atoms with Crippen LogP contribution >= 0.6 is 27.5 Å². The van der Waals surface area contributed by atoms with Crippen LogP contribution in [0.5, 0.6) is 11.6 Å². The van der Waals surface area contributed by atoms with Crippen LogP contribution in [0.2, 0.25) is 5.02 Å². The maximum absolute atomic E-state index is 10.9. The fraction of sp³-hybridized carbons (Fsp3) is 0. The molecule has 2 N–H and O–H groups in total. The SMILES string of the molecule is Nc1ncc(Br)c(Oc2c(Cl)cccc2[N+](=O)[O-])n1. The summed E-state index contributed by atoms with van der Waals surface area (Å²) in [7, 11) is 0. The summed E-state index contributed by atoms with van der Waals surface area (Å²) >= 11 is 9.05. The van der Waals surface area contributed by atoms with E-state index < -0.39 is 4.92 Å². The van der Waals surface area contributed by atoms with Gasteiger partial charge in [0.25, 0.3) is 0 Å². The first-order valence-electron chi connectivity index (χ1n) is 4.88. The van der Waals surface area contributed by atoms with Gasteiger partial charge in [0.05, 0.1) is 20.6 Å². The van der Waals surface area contributed by atoms with Crippen LogP contribution in [0.15, 0.2) is 28.9 Å². The number of para-hydroxylation sites is 1. The van der Waals surface area contributed by atoms with Crippen molar-refractivity contribution >= 4 is 39.2 Å². The summed E-state index contributed by atoms with van der Waals surface area (Å²) < 4.78 is 5.76. The lowest BCUT2D eigenvalue weighted by Gasteiger charge is -2.08. The van der Waals surface area contributed by atoms with E-state index in [0.717, 1.165) is 0 Å². The van der Waals surface area contributed by atoms with Crippen molar-refractivity contribution in [2.75, 3.05) is 5.73 Å². The number of hydrogen-bond acceptors (Lipinski definition) is 6. The fourth-order valence-electron chi connectivity index (χ4n) is 1.27. The average Bonchev–Trinajstić information content (AvgIpc) is 2.35. The van der Waals surface area contributed by atoms with Crippen molar-refractivity contribution in [2.45, 2.75) is 0 Å². The Morgan fingerprint density at radius 1 is 1.47 bits per heavy atom. The van der Waals surface area contributed by atoms with Crippen LogP contribution in [0, 0.1) is 10.1 Å². The molecule has 0 bridgehead atoms. The number of nitrogens with zero attached hydrogens (tertiary/aromatic N) is 3. The van der Waals surface area contributed by atoms with Gasteiger partial charge >= 0.3 is 5.69 Å². The van der Waals surface area contributed by atoms with E-state index in [-0.39, 0.29) is 28.3 Å². The van der Waals surface area contributed by atoms with Crippen LogP contribution in [-0.2, 0) is 0 Å². The molecule has 1 aromatic heterocycles. The maximum atomic E-state index is 10.9. The first-order chi connectivity index (χ1) is 8.99. The summed E-state index contributed by atoms with van der Waals surface area (Å²) in [5, 5.41) is 11.0. The van der Waals surface area contributed by atoms with E-state index in [1.54, 1.807) is 0 Å². The highest BCUT2D eigenvalue weighted by atomic mass is 79.9. The summed E-state index contributed by atoms with van der Waals surface area (Å²) in [5.74, 6) is -0.0791.